The molecule has 0 aliphatic carbocycles. The van der Waals surface area contributed by atoms with Crippen molar-refractivity contribution in [2.24, 2.45) is 30.0 Å². The lowest BCUT2D eigenvalue weighted by atomic mass is 10.4. The Morgan fingerprint density at radius 3 is 0.731 bits per heavy atom. The zero-order chi connectivity index (χ0) is 18.1. The van der Waals surface area contributed by atoms with Crippen LogP contribution in [0.15, 0.2) is 30.0 Å². The molecule has 0 amide bonds. The van der Waals surface area contributed by atoms with Crippen molar-refractivity contribution in [3.8, 4) is 0 Å². The predicted octanol–water partition coefficient (Wildman–Crippen LogP) is 0.0424. The second kappa shape index (κ2) is 14.1. The summed E-state index contributed by atoms with van der Waals surface area (Å²) in [6, 6.07) is 0. The van der Waals surface area contributed by atoms with Gasteiger partial charge in [0.25, 0.3) is 0 Å². The molecule has 8 heteroatoms. The molecule has 3 aliphatic heterocycles. The second-order valence-corrected chi connectivity index (χ2v) is 6.01. The van der Waals surface area contributed by atoms with Gasteiger partial charge < -0.3 is 0 Å². The molecule has 0 aromatic rings. The number of hydrogen-bond donors (Lipinski definition) is 0. The van der Waals surface area contributed by atoms with Crippen molar-refractivity contribution in [3.63, 3.8) is 0 Å². The fourth-order valence-corrected chi connectivity index (χ4v) is 2.60. The van der Waals surface area contributed by atoms with E-state index in [0.717, 1.165) is 78.5 Å². The van der Waals surface area contributed by atoms with Gasteiger partial charge in [-0.15, -0.1) is 0 Å². The van der Waals surface area contributed by atoms with Gasteiger partial charge in [-0.05, 0) is 0 Å². The topological polar surface area (TPSA) is 80.6 Å². The Bertz CT molecular complexity index is 411. The van der Waals surface area contributed by atoms with Crippen LogP contribution in [0.1, 0.15) is 0 Å². The van der Waals surface area contributed by atoms with E-state index in [2.05, 4.69) is 39.8 Å². The molecule has 0 radical (unpaired) electrons. The highest BCUT2D eigenvalue weighted by Gasteiger charge is 2.04. The van der Waals surface area contributed by atoms with E-state index in [0.29, 0.717) is 0 Å². The highest BCUT2D eigenvalue weighted by Crippen LogP contribution is 1.92. The fourth-order valence-electron chi connectivity index (χ4n) is 2.60. The zero-order valence-corrected chi connectivity index (χ0v) is 15.5. The van der Waals surface area contributed by atoms with E-state index in [9.17, 15) is 0 Å². The monoisotopic (exact) mass is 358 g/mol. The molecule has 0 saturated carbocycles. The van der Waals surface area contributed by atoms with Gasteiger partial charge in [-0.2, -0.15) is 0 Å². The van der Waals surface area contributed by atoms with Crippen molar-refractivity contribution in [2.75, 3.05) is 78.5 Å². The van der Waals surface area contributed by atoms with Crippen LogP contribution in [-0.2, 0) is 0 Å². The highest BCUT2D eigenvalue weighted by molar-refractivity contribution is 6.16. The van der Waals surface area contributed by atoms with Crippen molar-refractivity contribution >= 4 is 37.3 Å². The summed E-state index contributed by atoms with van der Waals surface area (Å²) in [6.45, 7) is 9.92. The smallest absolute Gasteiger partial charge is 0.0517 e. The van der Waals surface area contributed by atoms with E-state index in [-0.39, 0.29) is 0 Å². The first kappa shape index (κ1) is 20.3. The van der Waals surface area contributed by atoms with E-state index < -0.39 is 0 Å². The summed E-state index contributed by atoms with van der Waals surface area (Å²) in [5.41, 5.74) is 0. The molecular formula is C18H30N8. The van der Waals surface area contributed by atoms with Gasteiger partial charge in [-0.3, -0.25) is 39.8 Å². The molecule has 0 atom stereocenters. The molecule has 0 aromatic heterocycles. The number of fused-ring (bicyclic) bond motifs is 15. The number of aliphatic imine (C=N–C) groups is 6. The molecule has 0 N–H and O–H groups in total. The third-order valence-electron chi connectivity index (χ3n) is 4.10. The van der Waals surface area contributed by atoms with Gasteiger partial charge in [0.2, 0.25) is 0 Å². The molecule has 3 aliphatic rings. The van der Waals surface area contributed by atoms with Crippen molar-refractivity contribution < 1.29 is 0 Å². The van der Waals surface area contributed by atoms with Gasteiger partial charge >= 0.3 is 0 Å². The summed E-state index contributed by atoms with van der Waals surface area (Å²) in [6.07, 6.45) is 10.8. The summed E-state index contributed by atoms with van der Waals surface area (Å²) in [5, 5.41) is 0. The average Bonchev–Trinajstić information content (AvgIpc) is 2.65. The van der Waals surface area contributed by atoms with E-state index in [1.54, 1.807) is 37.3 Å². The molecule has 0 aromatic carbocycles. The van der Waals surface area contributed by atoms with Gasteiger partial charge in [0.15, 0.2) is 0 Å². The van der Waals surface area contributed by atoms with Crippen LogP contribution in [0.4, 0.5) is 0 Å². The number of rotatable bonds is 0. The minimum Gasteiger partial charge on any atom is -0.298 e. The van der Waals surface area contributed by atoms with Gasteiger partial charge in [-0.1, -0.05) is 0 Å². The first-order valence-corrected chi connectivity index (χ1v) is 9.34. The quantitative estimate of drug-likeness (QED) is 0.613. The summed E-state index contributed by atoms with van der Waals surface area (Å²) >= 11 is 0. The normalized spacial score (nSPS) is 26.8. The minimum absolute atomic E-state index is 0.758. The Labute approximate surface area is 156 Å². The molecule has 142 valence electrons. The largest absolute Gasteiger partial charge is 0.298 e. The van der Waals surface area contributed by atoms with Crippen molar-refractivity contribution in [1.29, 1.82) is 0 Å². The SMILES string of the molecule is C1=NCCN2CCN=CC=NCCN(CCN=C1)CCN=CC=NCC2. The van der Waals surface area contributed by atoms with Crippen LogP contribution < -0.4 is 0 Å². The molecule has 0 spiro atoms. The van der Waals surface area contributed by atoms with Gasteiger partial charge in [0, 0.05) is 76.6 Å². The lowest BCUT2D eigenvalue weighted by molar-refractivity contribution is 0.298. The highest BCUT2D eigenvalue weighted by atomic mass is 15.2. The number of nitrogens with zero attached hydrogens (tertiary/aromatic N) is 8. The Hall–Kier alpha value is -2.06. The lowest BCUT2D eigenvalue weighted by Crippen LogP contribution is -2.32. The Morgan fingerprint density at radius 1 is 0.346 bits per heavy atom. The van der Waals surface area contributed by atoms with Crippen LogP contribution in [0.3, 0.4) is 0 Å². The first-order chi connectivity index (χ1) is 12.9. The molecule has 8 nitrogen and oxygen atoms in total. The number of hydrogen-bond acceptors (Lipinski definition) is 8. The molecule has 0 saturated heterocycles. The van der Waals surface area contributed by atoms with Crippen LogP contribution in [0.25, 0.3) is 0 Å². The van der Waals surface area contributed by atoms with Crippen molar-refractivity contribution in [1.82, 2.24) is 9.80 Å². The molecule has 2 bridgehead atoms. The molecule has 3 rings (SSSR count). The predicted molar refractivity (Wildman–Crippen MR) is 113 cm³/mol. The zero-order valence-electron chi connectivity index (χ0n) is 15.5. The maximum atomic E-state index is 4.43. The van der Waals surface area contributed by atoms with Gasteiger partial charge in [-0.25, -0.2) is 0 Å². The first-order valence-electron chi connectivity index (χ1n) is 9.34. The maximum Gasteiger partial charge on any atom is 0.0517 e. The molecular weight excluding hydrogens is 328 g/mol. The molecule has 26 heavy (non-hydrogen) atoms. The summed E-state index contributed by atoms with van der Waals surface area (Å²) in [7, 11) is 0. The third kappa shape index (κ3) is 10.0. The van der Waals surface area contributed by atoms with E-state index in [4.69, 9.17) is 0 Å². The fraction of sp³-hybridized carbons (Fsp3) is 0.667. The van der Waals surface area contributed by atoms with Crippen LogP contribution in [0.2, 0.25) is 0 Å². The lowest BCUT2D eigenvalue weighted by Gasteiger charge is -2.19. The third-order valence-corrected chi connectivity index (χ3v) is 4.10. The Balaban J connectivity index is 2.08. The van der Waals surface area contributed by atoms with Crippen molar-refractivity contribution in [3.05, 3.63) is 0 Å². The molecule has 0 fully saturated rings. The molecule has 0 unspecified atom stereocenters. The van der Waals surface area contributed by atoms with Crippen LogP contribution in [0, 0.1) is 0 Å². The van der Waals surface area contributed by atoms with E-state index in [1.807, 2.05) is 0 Å². The Morgan fingerprint density at radius 2 is 0.538 bits per heavy atom. The maximum absolute atomic E-state index is 4.43. The van der Waals surface area contributed by atoms with Crippen LogP contribution >= 0.6 is 0 Å². The van der Waals surface area contributed by atoms with Crippen molar-refractivity contribution in [2.45, 2.75) is 0 Å². The van der Waals surface area contributed by atoms with Crippen LogP contribution in [0.5, 0.6) is 0 Å². The minimum atomic E-state index is 0.758. The summed E-state index contributed by atoms with van der Waals surface area (Å²) < 4.78 is 0. The summed E-state index contributed by atoms with van der Waals surface area (Å²) in [5.74, 6) is 0. The second-order valence-electron chi connectivity index (χ2n) is 6.01. The van der Waals surface area contributed by atoms with Gasteiger partial charge in [0.05, 0.1) is 39.3 Å². The van der Waals surface area contributed by atoms with Crippen LogP contribution in [-0.4, -0.2) is 126 Å². The summed E-state index contributed by atoms with van der Waals surface area (Å²) in [4.78, 5) is 31.3. The van der Waals surface area contributed by atoms with Gasteiger partial charge in [0.1, 0.15) is 0 Å². The standard InChI is InChI=1S/C18H30N8/c1-2-20-8-14-26-17-11-23-5-3-21-9-15-25(13-7-19-1)16-10-22-4-6-24-12-18-26/h1-6H,7-18H2. The van der Waals surface area contributed by atoms with E-state index >= 15 is 0 Å². The molecule has 3 heterocycles. The van der Waals surface area contributed by atoms with E-state index in [1.165, 1.54) is 0 Å². The Kier molecular flexibility index (Phi) is 11.0. The average molecular weight is 358 g/mol.